The van der Waals surface area contributed by atoms with Crippen molar-refractivity contribution in [3.63, 3.8) is 0 Å². The predicted octanol–water partition coefficient (Wildman–Crippen LogP) is 9.79. The van der Waals surface area contributed by atoms with Crippen LogP contribution in [0.5, 0.6) is 0 Å². The number of aryl methyl sites for hydroxylation is 4. The number of sulfonamides is 2. The third-order valence-electron chi connectivity index (χ3n) is 13.3. The number of fused-ring (bicyclic) bond motifs is 4. The highest BCUT2D eigenvalue weighted by atomic mass is 32.2. The molecule has 4 amide bonds. The highest BCUT2D eigenvalue weighted by Gasteiger charge is 2.32. The van der Waals surface area contributed by atoms with Crippen LogP contribution < -0.4 is 20.1 Å². The summed E-state index contributed by atoms with van der Waals surface area (Å²) in [6.45, 7) is 25.7. The first-order valence-corrected chi connectivity index (χ1v) is 26.5. The number of carbonyl (C=O) groups is 2. The van der Waals surface area contributed by atoms with Crippen LogP contribution in [0.4, 0.5) is 21.0 Å². The van der Waals surface area contributed by atoms with Crippen LogP contribution in [0.2, 0.25) is 0 Å². The predicted molar refractivity (Wildman–Crippen MR) is 263 cm³/mol. The Morgan fingerprint density at radius 3 is 1.35 bits per heavy atom. The number of carbonyl (C=O) groups excluding carboxylic acids is 2. The maximum Gasteiger partial charge on any atom is 0.332 e. The molecule has 2 atom stereocenters. The molecule has 2 aromatic rings. The van der Waals surface area contributed by atoms with Crippen molar-refractivity contribution in [1.82, 2.24) is 19.2 Å². The summed E-state index contributed by atoms with van der Waals surface area (Å²) in [5.74, 6) is -0.0775. The second-order valence-electron chi connectivity index (χ2n) is 20.8. The Bertz CT molecular complexity index is 2130. The fraction of sp³-hybridized carbons (Fsp3) is 0.708. The number of urea groups is 2. The normalized spacial score (nSPS) is 17.0. The Morgan fingerprint density at radius 2 is 1.00 bits per heavy atom. The molecular weight excluding hydrogens is 821 g/mol. The molecule has 4 N–H and O–H groups in total. The van der Waals surface area contributed by atoms with Crippen molar-refractivity contribution in [2.24, 2.45) is 0 Å². The average Bonchev–Trinajstić information content (AvgIpc) is 3.96. The van der Waals surface area contributed by atoms with Crippen LogP contribution in [-0.2, 0) is 71.4 Å². The molecule has 2 unspecified atom stereocenters. The Kier molecular flexibility index (Phi) is 16.0. The SMILES string of the molecule is CC(C)N(C(C)CCS(=O)(=O)NC(=O)Nc1c2c(cc3c1CCC3)CCC2)C(C)(C)C.CC(C)N(CCC(C)S(=O)(=O)NC(=O)Nc1c2c(cc3c1CCC3)CCC2)C(C)(C)C.[HH].[HH].[HH].[HH]. The van der Waals surface area contributed by atoms with Gasteiger partial charge in [0, 0.05) is 52.8 Å². The molecule has 0 heterocycles. The second kappa shape index (κ2) is 19.9. The number of amides is 4. The largest absolute Gasteiger partial charge is 0.332 e. The van der Waals surface area contributed by atoms with Crippen LogP contribution in [0.25, 0.3) is 0 Å². The van der Waals surface area contributed by atoms with Crippen molar-refractivity contribution in [2.45, 2.75) is 207 Å². The highest BCUT2D eigenvalue weighted by Crippen LogP contribution is 2.40. The van der Waals surface area contributed by atoms with E-state index in [2.05, 4.69) is 118 Å². The molecule has 0 radical (unpaired) electrons. The summed E-state index contributed by atoms with van der Waals surface area (Å²) in [6, 6.07) is 4.01. The van der Waals surface area contributed by atoms with Crippen molar-refractivity contribution in [3.8, 4) is 0 Å². The zero-order valence-corrected chi connectivity index (χ0v) is 41.6. The molecule has 62 heavy (non-hydrogen) atoms. The molecular formula is C48H86N6O6S2. The van der Waals surface area contributed by atoms with E-state index in [4.69, 9.17) is 0 Å². The van der Waals surface area contributed by atoms with E-state index in [1.54, 1.807) is 6.92 Å². The Balaban J connectivity index is 0.000000622. The lowest BCUT2D eigenvalue weighted by atomic mass is 9.99. The monoisotopic (exact) mass is 907 g/mol. The summed E-state index contributed by atoms with van der Waals surface area (Å²) >= 11 is 0. The van der Waals surface area contributed by atoms with E-state index in [9.17, 15) is 26.4 Å². The van der Waals surface area contributed by atoms with Crippen LogP contribution in [0.3, 0.4) is 0 Å². The van der Waals surface area contributed by atoms with E-state index < -0.39 is 37.4 Å². The van der Waals surface area contributed by atoms with Gasteiger partial charge < -0.3 is 10.6 Å². The summed E-state index contributed by atoms with van der Waals surface area (Å²) < 4.78 is 55.5. The molecule has 0 saturated carbocycles. The van der Waals surface area contributed by atoms with Gasteiger partial charge in [-0.05, 0) is 217 Å². The first-order chi connectivity index (χ1) is 28.8. The first kappa shape index (κ1) is 49.8. The van der Waals surface area contributed by atoms with Crippen molar-refractivity contribution in [2.75, 3.05) is 22.9 Å². The Morgan fingerprint density at radius 1 is 0.597 bits per heavy atom. The maximum absolute atomic E-state index is 12.8. The van der Waals surface area contributed by atoms with Gasteiger partial charge in [0.05, 0.1) is 11.0 Å². The van der Waals surface area contributed by atoms with Gasteiger partial charge in [-0.15, -0.1) is 0 Å². The molecule has 2 aromatic carbocycles. The zero-order valence-electron chi connectivity index (χ0n) is 39.9. The molecule has 0 bridgehead atoms. The highest BCUT2D eigenvalue weighted by molar-refractivity contribution is 7.90. The van der Waals surface area contributed by atoms with Crippen molar-refractivity contribution in [3.05, 3.63) is 56.6 Å². The molecule has 4 aliphatic rings. The summed E-state index contributed by atoms with van der Waals surface area (Å²) in [5, 5.41) is 5.18. The number of anilines is 2. The van der Waals surface area contributed by atoms with Gasteiger partial charge in [0.25, 0.3) is 0 Å². The molecule has 6 rings (SSSR count). The van der Waals surface area contributed by atoms with Gasteiger partial charge in [-0.3, -0.25) is 9.80 Å². The van der Waals surface area contributed by atoms with E-state index in [1.807, 2.05) is 0 Å². The van der Waals surface area contributed by atoms with Gasteiger partial charge in [-0.1, -0.05) is 12.1 Å². The van der Waals surface area contributed by atoms with E-state index in [-0.39, 0.29) is 28.6 Å². The van der Waals surface area contributed by atoms with Gasteiger partial charge in [0.15, 0.2) is 0 Å². The van der Waals surface area contributed by atoms with Crippen molar-refractivity contribution in [1.29, 1.82) is 0 Å². The fourth-order valence-electron chi connectivity index (χ4n) is 10.9. The number of nitrogens with one attached hydrogen (secondary N) is 4. The molecule has 0 aromatic heterocycles. The standard InChI is InChI=1S/2C24H39N3O3S.4H2/c1-16(2)27(24(4,5)6)17(3)13-14-31(29,30)26-23(28)25-22-20-11-7-9-18(20)15-19-10-8-12-21(19)22;1-16(2)27(24(4,5)6)14-13-17(3)31(29,30)26-23(28)25-22-20-11-7-9-18(20)15-19-10-8-12-21(19)22;;;;/h2*15-17H,7-14H2,1-6H3,(H2,25,26,28);4*1H. The van der Waals surface area contributed by atoms with E-state index in [1.165, 1.54) is 44.5 Å². The van der Waals surface area contributed by atoms with Crippen molar-refractivity contribution < 1.29 is 32.1 Å². The van der Waals surface area contributed by atoms with Crippen LogP contribution in [0.15, 0.2) is 12.1 Å². The Labute approximate surface area is 380 Å². The Hall–Kier alpha value is -3.20. The first-order valence-electron chi connectivity index (χ1n) is 23.3. The number of benzene rings is 2. The summed E-state index contributed by atoms with van der Waals surface area (Å²) in [5.41, 5.74) is 11.6. The quantitative estimate of drug-likeness (QED) is 0.146. The van der Waals surface area contributed by atoms with Crippen LogP contribution in [-0.4, -0.2) is 85.4 Å². The van der Waals surface area contributed by atoms with Crippen LogP contribution in [0, 0.1) is 0 Å². The molecule has 14 heteroatoms. The van der Waals surface area contributed by atoms with Gasteiger partial charge >= 0.3 is 12.1 Å². The minimum absolute atomic E-state index is 0. The smallest absolute Gasteiger partial charge is 0.307 e. The number of hydrogen-bond acceptors (Lipinski definition) is 8. The second-order valence-corrected chi connectivity index (χ2v) is 24.8. The lowest BCUT2D eigenvalue weighted by molar-refractivity contribution is 0.0545. The minimum Gasteiger partial charge on any atom is -0.307 e. The summed E-state index contributed by atoms with van der Waals surface area (Å²) in [7, 11) is -7.48. The minimum atomic E-state index is -3.76. The third kappa shape index (κ3) is 12.3. The zero-order chi connectivity index (χ0) is 45.9. The molecule has 4 aliphatic carbocycles. The maximum atomic E-state index is 12.8. The van der Waals surface area contributed by atoms with Crippen molar-refractivity contribution >= 4 is 43.5 Å². The summed E-state index contributed by atoms with van der Waals surface area (Å²) in [4.78, 5) is 30.0. The summed E-state index contributed by atoms with van der Waals surface area (Å²) in [6.07, 6.45) is 13.2. The molecule has 0 saturated heterocycles. The molecule has 0 aliphatic heterocycles. The van der Waals surface area contributed by atoms with Crippen LogP contribution in [0.1, 0.15) is 172 Å². The lowest BCUT2D eigenvalue weighted by Crippen LogP contribution is -2.51. The number of hydrogen-bond donors (Lipinski definition) is 4. The van der Waals surface area contributed by atoms with Gasteiger partial charge in [-0.25, -0.2) is 35.9 Å². The van der Waals surface area contributed by atoms with Gasteiger partial charge in [0.2, 0.25) is 20.0 Å². The average molecular weight is 907 g/mol. The van der Waals surface area contributed by atoms with Crippen LogP contribution >= 0.6 is 0 Å². The van der Waals surface area contributed by atoms with E-state index >= 15 is 0 Å². The van der Waals surface area contributed by atoms with E-state index in [0.29, 0.717) is 31.5 Å². The fourth-order valence-corrected chi connectivity index (χ4v) is 12.9. The molecule has 0 fully saturated rings. The van der Waals surface area contributed by atoms with Gasteiger partial charge in [-0.2, -0.15) is 0 Å². The molecule has 12 nitrogen and oxygen atoms in total. The topological polar surface area (TPSA) is 157 Å². The number of rotatable bonds is 14. The number of nitrogens with zero attached hydrogens (tertiary/aromatic N) is 2. The molecule has 356 valence electrons. The lowest BCUT2D eigenvalue weighted by Gasteiger charge is -2.43. The molecule has 0 spiro atoms. The van der Waals surface area contributed by atoms with Gasteiger partial charge in [0.1, 0.15) is 0 Å². The third-order valence-corrected chi connectivity index (χ3v) is 16.3. The van der Waals surface area contributed by atoms with E-state index in [0.717, 1.165) is 88.4 Å².